The number of amides is 2. The van der Waals surface area contributed by atoms with Crippen LogP contribution >= 0.6 is 23.4 Å². The first-order chi connectivity index (χ1) is 18.6. The second-order valence-electron chi connectivity index (χ2n) is 8.99. The summed E-state index contributed by atoms with van der Waals surface area (Å²) in [6, 6.07) is 19.7. The molecule has 7 nitrogen and oxygen atoms in total. The molecular formula is C29H34ClN3O4S2. The maximum absolute atomic E-state index is 14.0. The maximum atomic E-state index is 14.0. The molecule has 0 saturated carbocycles. The van der Waals surface area contributed by atoms with Crippen molar-refractivity contribution in [3.05, 3.63) is 88.9 Å². The Bertz CT molecular complexity index is 1360. The van der Waals surface area contributed by atoms with Gasteiger partial charge in [-0.15, -0.1) is 11.8 Å². The molecule has 1 N–H and O–H groups in total. The van der Waals surface area contributed by atoms with Crippen molar-refractivity contribution in [1.29, 1.82) is 0 Å². The number of carbonyl (C=O) groups excluding carboxylic acids is 2. The van der Waals surface area contributed by atoms with Crippen LogP contribution in [0.15, 0.2) is 82.6 Å². The van der Waals surface area contributed by atoms with Crippen molar-refractivity contribution >= 4 is 50.9 Å². The number of hydrogen-bond donors (Lipinski definition) is 1. The number of hydrogen-bond acceptors (Lipinski definition) is 5. The molecule has 1 unspecified atom stereocenters. The van der Waals surface area contributed by atoms with Gasteiger partial charge in [0.05, 0.1) is 10.6 Å². The molecule has 2 amide bonds. The van der Waals surface area contributed by atoms with Crippen molar-refractivity contribution in [3.8, 4) is 0 Å². The minimum atomic E-state index is -4.10. The van der Waals surface area contributed by atoms with Crippen LogP contribution in [0.5, 0.6) is 0 Å². The summed E-state index contributed by atoms with van der Waals surface area (Å²) in [7, 11) is -4.10. The van der Waals surface area contributed by atoms with Crippen LogP contribution in [0.25, 0.3) is 0 Å². The number of nitrogens with one attached hydrogen (secondary N) is 1. The SMILES string of the molecule is CCNC(=O)C(CC)N(Cc1ccc(Cl)cc1)C(=O)CN(c1ccc(C)cc1)S(=O)(=O)c1ccc(SC)cc1. The zero-order valence-corrected chi connectivity index (χ0v) is 24.9. The molecule has 3 rings (SSSR count). The van der Waals surface area contributed by atoms with E-state index >= 15 is 0 Å². The average molecular weight is 588 g/mol. The number of sulfonamides is 1. The summed E-state index contributed by atoms with van der Waals surface area (Å²) in [4.78, 5) is 29.4. The molecule has 3 aromatic rings. The van der Waals surface area contributed by atoms with Crippen molar-refractivity contribution in [1.82, 2.24) is 10.2 Å². The van der Waals surface area contributed by atoms with E-state index in [0.29, 0.717) is 23.7 Å². The highest BCUT2D eigenvalue weighted by molar-refractivity contribution is 7.98. The van der Waals surface area contributed by atoms with Crippen LogP contribution in [-0.4, -0.2) is 50.5 Å². The molecule has 208 valence electrons. The third-order valence-electron chi connectivity index (χ3n) is 6.25. The minimum Gasteiger partial charge on any atom is -0.355 e. The van der Waals surface area contributed by atoms with Crippen LogP contribution in [0.2, 0.25) is 5.02 Å². The smallest absolute Gasteiger partial charge is 0.264 e. The van der Waals surface area contributed by atoms with Crippen molar-refractivity contribution in [2.45, 2.75) is 49.6 Å². The number of benzene rings is 3. The number of thioether (sulfide) groups is 1. The van der Waals surface area contributed by atoms with Crippen LogP contribution in [0.4, 0.5) is 5.69 Å². The summed E-state index contributed by atoms with van der Waals surface area (Å²) in [5.41, 5.74) is 2.09. The molecule has 0 spiro atoms. The van der Waals surface area contributed by atoms with Crippen molar-refractivity contribution in [3.63, 3.8) is 0 Å². The van der Waals surface area contributed by atoms with E-state index in [9.17, 15) is 18.0 Å². The molecule has 0 radical (unpaired) electrons. The fraction of sp³-hybridized carbons (Fsp3) is 0.310. The first-order valence-electron chi connectivity index (χ1n) is 12.7. The number of rotatable bonds is 12. The van der Waals surface area contributed by atoms with E-state index in [4.69, 9.17) is 11.6 Å². The number of halogens is 1. The molecular weight excluding hydrogens is 554 g/mol. The van der Waals surface area contributed by atoms with Crippen LogP contribution < -0.4 is 9.62 Å². The Labute approximate surface area is 240 Å². The summed E-state index contributed by atoms with van der Waals surface area (Å²) in [6.45, 7) is 5.60. The zero-order chi connectivity index (χ0) is 28.6. The zero-order valence-electron chi connectivity index (χ0n) is 22.6. The molecule has 0 heterocycles. The van der Waals surface area contributed by atoms with E-state index < -0.39 is 28.5 Å². The summed E-state index contributed by atoms with van der Waals surface area (Å²) in [5.74, 6) is -0.785. The molecule has 39 heavy (non-hydrogen) atoms. The van der Waals surface area contributed by atoms with E-state index in [2.05, 4.69) is 5.32 Å². The Morgan fingerprint density at radius 2 is 1.56 bits per heavy atom. The highest BCUT2D eigenvalue weighted by atomic mass is 35.5. The van der Waals surface area contributed by atoms with Crippen LogP contribution in [-0.2, 0) is 26.2 Å². The van der Waals surface area contributed by atoms with Crippen molar-refractivity contribution in [2.24, 2.45) is 0 Å². The van der Waals surface area contributed by atoms with Gasteiger partial charge in [-0.2, -0.15) is 0 Å². The topological polar surface area (TPSA) is 86.8 Å². The Kier molecular flexibility index (Phi) is 10.9. The van der Waals surface area contributed by atoms with E-state index in [-0.39, 0.29) is 17.3 Å². The van der Waals surface area contributed by atoms with Gasteiger partial charge in [-0.3, -0.25) is 13.9 Å². The van der Waals surface area contributed by atoms with Gasteiger partial charge in [-0.25, -0.2) is 8.42 Å². The molecule has 0 aliphatic carbocycles. The first-order valence-corrected chi connectivity index (χ1v) is 15.7. The first kappa shape index (κ1) is 30.5. The van der Waals surface area contributed by atoms with Crippen molar-refractivity contribution in [2.75, 3.05) is 23.7 Å². The highest BCUT2D eigenvalue weighted by Crippen LogP contribution is 2.27. The van der Waals surface area contributed by atoms with E-state index in [1.54, 1.807) is 72.8 Å². The van der Waals surface area contributed by atoms with Crippen LogP contribution in [0.1, 0.15) is 31.4 Å². The van der Waals surface area contributed by atoms with Gasteiger partial charge in [-0.1, -0.05) is 48.4 Å². The number of nitrogens with zero attached hydrogens (tertiary/aromatic N) is 2. The Balaban J connectivity index is 2.04. The summed E-state index contributed by atoms with van der Waals surface area (Å²) >= 11 is 7.56. The van der Waals surface area contributed by atoms with Gasteiger partial charge >= 0.3 is 0 Å². The highest BCUT2D eigenvalue weighted by Gasteiger charge is 2.33. The fourth-order valence-electron chi connectivity index (χ4n) is 4.11. The lowest BCUT2D eigenvalue weighted by Crippen LogP contribution is -2.52. The van der Waals surface area contributed by atoms with E-state index in [0.717, 1.165) is 20.3 Å². The quantitative estimate of drug-likeness (QED) is 0.282. The lowest BCUT2D eigenvalue weighted by Gasteiger charge is -2.33. The third kappa shape index (κ3) is 7.77. The standard InChI is InChI=1S/C29H34ClN3O4S2/c1-5-27(29(35)31-6-2)32(19-22-9-11-23(30)12-10-22)28(34)20-33(24-13-7-21(3)8-14-24)39(36,37)26-17-15-25(38-4)16-18-26/h7-18,27H,5-6,19-20H2,1-4H3,(H,31,35). The second-order valence-corrected chi connectivity index (χ2v) is 12.2. The predicted molar refractivity (Wildman–Crippen MR) is 159 cm³/mol. The lowest BCUT2D eigenvalue weighted by molar-refractivity contribution is -0.140. The predicted octanol–water partition coefficient (Wildman–Crippen LogP) is 5.51. The molecule has 0 bridgehead atoms. The minimum absolute atomic E-state index is 0.0775. The fourth-order valence-corrected chi connectivity index (χ4v) is 6.06. The lowest BCUT2D eigenvalue weighted by atomic mass is 10.1. The van der Waals surface area contributed by atoms with Gasteiger partial charge in [-0.05, 0) is 80.6 Å². The molecule has 0 aromatic heterocycles. The van der Waals surface area contributed by atoms with E-state index in [1.165, 1.54) is 16.7 Å². The Morgan fingerprint density at radius 1 is 0.949 bits per heavy atom. The molecule has 0 aliphatic rings. The largest absolute Gasteiger partial charge is 0.355 e. The molecule has 10 heteroatoms. The maximum Gasteiger partial charge on any atom is 0.264 e. The normalized spacial score (nSPS) is 12.0. The molecule has 0 fully saturated rings. The van der Waals surface area contributed by atoms with Gasteiger partial charge in [0.25, 0.3) is 10.0 Å². The summed E-state index contributed by atoms with van der Waals surface area (Å²) in [6.07, 6.45) is 2.27. The number of aryl methyl sites for hydroxylation is 1. The number of carbonyl (C=O) groups is 2. The second kappa shape index (κ2) is 13.9. The van der Waals surface area contributed by atoms with E-state index in [1.807, 2.05) is 27.0 Å². The van der Waals surface area contributed by atoms with Crippen LogP contribution in [0, 0.1) is 6.92 Å². The molecule has 0 saturated heterocycles. The number of likely N-dealkylation sites (N-methyl/N-ethyl adjacent to an activating group) is 1. The molecule has 0 aliphatic heterocycles. The van der Waals surface area contributed by atoms with Gasteiger partial charge in [0.15, 0.2) is 0 Å². The Morgan fingerprint density at radius 3 is 2.10 bits per heavy atom. The Hall–Kier alpha value is -3.01. The molecule has 3 aromatic carbocycles. The van der Waals surface area contributed by atoms with Gasteiger partial charge < -0.3 is 10.2 Å². The monoisotopic (exact) mass is 587 g/mol. The third-order valence-corrected chi connectivity index (χ3v) is 9.03. The average Bonchev–Trinajstić information content (AvgIpc) is 2.93. The molecule has 1 atom stereocenters. The van der Waals surface area contributed by atoms with Crippen LogP contribution in [0.3, 0.4) is 0 Å². The van der Waals surface area contributed by atoms with Gasteiger partial charge in [0.2, 0.25) is 11.8 Å². The van der Waals surface area contributed by atoms with Gasteiger partial charge in [0.1, 0.15) is 12.6 Å². The number of anilines is 1. The van der Waals surface area contributed by atoms with Gasteiger partial charge in [0, 0.05) is 23.0 Å². The summed E-state index contributed by atoms with van der Waals surface area (Å²) in [5, 5.41) is 3.35. The van der Waals surface area contributed by atoms with Crippen molar-refractivity contribution < 1.29 is 18.0 Å². The summed E-state index contributed by atoms with van der Waals surface area (Å²) < 4.78 is 28.9.